The zero-order valence-electron chi connectivity index (χ0n) is 13.5. The zero-order valence-corrected chi connectivity index (χ0v) is 13.5. The van der Waals surface area contributed by atoms with Gasteiger partial charge in [0.1, 0.15) is 5.82 Å². The maximum Gasteiger partial charge on any atom is 0.112 e. The molecular formula is C16H30N4. The smallest absolute Gasteiger partial charge is 0.112 e. The highest BCUT2D eigenvalue weighted by atomic mass is 15.1. The summed E-state index contributed by atoms with van der Waals surface area (Å²) in [5, 5.41) is 7.01. The van der Waals surface area contributed by atoms with Crippen molar-refractivity contribution in [1.82, 2.24) is 20.2 Å². The summed E-state index contributed by atoms with van der Waals surface area (Å²) in [5.41, 5.74) is 1.41. The summed E-state index contributed by atoms with van der Waals surface area (Å²) in [7, 11) is 0. The first-order valence-electron chi connectivity index (χ1n) is 8.01. The van der Waals surface area contributed by atoms with Gasteiger partial charge in [-0.3, -0.25) is 0 Å². The van der Waals surface area contributed by atoms with Gasteiger partial charge in [-0.05, 0) is 53.1 Å². The first-order valence-corrected chi connectivity index (χ1v) is 8.01. The lowest BCUT2D eigenvalue weighted by Gasteiger charge is -2.24. The van der Waals surface area contributed by atoms with Crippen LogP contribution in [-0.4, -0.2) is 34.7 Å². The van der Waals surface area contributed by atoms with Crippen LogP contribution in [-0.2, 0) is 13.0 Å². The molecule has 0 aromatic carbocycles. The molecule has 0 radical (unpaired) electrons. The van der Waals surface area contributed by atoms with E-state index in [1.807, 2.05) is 0 Å². The molecule has 0 atom stereocenters. The summed E-state index contributed by atoms with van der Waals surface area (Å²) in [6.07, 6.45) is 5.71. The molecule has 4 heteroatoms. The van der Waals surface area contributed by atoms with Crippen LogP contribution in [0.3, 0.4) is 0 Å². The van der Waals surface area contributed by atoms with Crippen molar-refractivity contribution in [2.24, 2.45) is 0 Å². The third kappa shape index (κ3) is 4.32. The van der Waals surface area contributed by atoms with Gasteiger partial charge in [-0.2, -0.15) is 0 Å². The van der Waals surface area contributed by atoms with E-state index >= 15 is 0 Å². The van der Waals surface area contributed by atoms with Crippen LogP contribution in [0.1, 0.15) is 58.0 Å². The number of aromatic nitrogens is 2. The van der Waals surface area contributed by atoms with E-state index in [4.69, 9.17) is 4.98 Å². The average molecular weight is 278 g/mol. The van der Waals surface area contributed by atoms with Crippen molar-refractivity contribution in [3.05, 3.63) is 17.7 Å². The van der Waals surface area contributed by atoms with Crippen molar-refractivity contribution in [1.29, 1.82) is 0 Å². The van der Waals surface area contributed by atoms with Gasteiger partial charge >= 0.3 is 0 Å². The Morgan fingerprint density at radius 2 is 2.05 bits per heavy atom. The Labute approximate surface area is 123 Å². The fourth-order valence-electron chi connectivity index (χ4n) is 2.79. The summed E-state index contributed by atoms with van der Waals surface area (Å²) in [6, 6.07) is 0. The summed E-state index contributed by atoms with van der Waals surface area (Å²) in [4.78, 5) is 4.87. The second kappa shape index (κ2) is 6.72. The maximum atomic E-state index is 4.87. The molecule has 20 heavy (non-hydrogen) atoms. The molecule has 0 unspecified atom stereocenters. The molecule has 0 saturated carbocycles. The fourth-order valence-corrected chi connectivity index (χ4v) is 2.79. The standard InChI is InChI=1S/C16H30N4/c1-5-14-12-20(11-10-18-16(2,3)4)15(19-14)13-6-8-17-9-7-13/h12-13,17-18H,5-11H2,1-4H3. The molecule has 2 heterocycles. The van der Waals surface area contributed by atoms with Crippen molar-refractivity contribution < 1.29 is 0 Å². The van der Waals surface area contributed by atoms with Gasteiger partial charge in [-0.1, -0.05) is 6.92 Å². The molecule has 0 bridgehead atoms. The number of nitrogens with one attached hydrogen (secondary N) is 2. The number of nitrogens with zero attached hydrogens (tertiary/aromatic N) is 2. The highest BCUT2D eigenvalue weighted by Gasteiger charge is 2.21. The van der Waals surface area contributed by atoms with Crippen LogP contribution >= 0.6 is 0 Å². The lowest BCUT2D eigenvalue weighted by Crippen LogP contribution is -2.38. The third-order valence-corrected chi connectivity index (χ3v) is 3.93. The summed E-state index contributed by atoms with van der Waals surface area (Å²) < 4.78 is 2.38. The Kier molecular flexibility index (Phi) is 5.22. The van der Waals surface area contributed by atoms with E-state index in [0.29, 0.717) is 5.92 Å². The molecule has 2 rings (SSSR count). The summed E-state index contributed by atoms with van der Waals surface area (Å²) in [5.74, 6) is 1.94. The largest absolute Gasteiger partial charge is 0.333 e. The molecule has 0 spiro atoms. The van der Waals surface area contributed by atoms with Crippen LogP contribution < -0.4 is 10.6 Å². The number of hydrogen-bond donors (Lipinski definition) is 2. The number of hydrogen-bond acceptors (Lipinski definition) is 3. The fraction of sp³-hybridized carbons (Fsp3) is 0.812. The molecule has 1 aromatic heterocycles. The zero-order chi connectivity index (χ0) is 14.6. The lowest BCUT2D eigenvalue weighted by atomic mass is 9.97. The minimum atomic E-state index is 0.184. The maximum absolute atomic E-state index is 4.87. The quantitative estimate of drug-likeness (QED) is 0.868. The van der Waals surface area contributed by atoms with E-state index in [1.165, 1.54) is 24.4 Å². The van der Waals surface area contributed by atoms with Crippen LogP contribution in [0, 0.1) is 0 Å². The third-order valence-electron chi connectivity index (χ3n) is 3.93. The van der Waals surface area contributed by atoms with Crippen LogP contribution in [0.5, 0.6) is 0 Å². The minimum Gasteiger partial charge on any atom is -0.333 e. The predicted molar refractivity (Wildman–Crippen MR) is 84.2 cm³/mol. The van der Waals surface area contributed by atoms with E-state index < -0.39 is 0 Å². The van der Waals surface area contributed by atoms with Crippen molar-refractivity contribution in [3.63, 3.8) is 0 Å². The van der Waals surface area contributed by atoms with Crippen molar-refractivity contribution in [2.45, 2.75) is 65.0 Å². The average Bonchev–Trinajstić information content (AvgIpc) is 2.82. The van der Waals surface area contributed by atoms with Gasteiger partial charge in [-0.25, -0.2) is 4.98 Å². The first kappa shape index (κ1) is 15.5. The number of aryl methyl sites for hydroxylation is 1. The number of imidazole rings is 1. The molecule has 0 aliphatic carbocycles. The van der Waals surface area contributed by atoms with Crippen LogP contribution in [0.15, 0.2) is 6.20 Å². The molecule has 2 N–H and O–H groups in total. The summed E-state index contributed by atoms with van der Waals surface area (Å²) >= 11 is 0. The van der Waals surface area contributed by atoms with Gasteiger partial charge in [0.2, 0.25) is 0 Å². The van der Waals surface area contributed by atoms with E-state index in [0.717, 1.165) is 32.6 Å². The van der Waals surface area contributed by atoms with Crippen molar-refractivity contribution in [3.8, 4) is 0 Å². The predicted octanol–water partition coefficient (Wildman–Crippen LogP) is 2.30. The Balaban J connectivity index is 2.04. The Bertz CT molecular complexity index is 411. The van der Waals surface area contributed by atoms with Gasteiger partial charge in [0.25, 0.3) is 0 Å². The van der Waals surface area contributed by atoms with Crippen molar-refractivity contribution in [2.75, 3.05) is 19.6 Å². The summed E-state index contributed by atoms with van der Waals surface area (Å²) in [6.45, 7) is 13.1. The van der Waals surface area contributed by atoms with Gasteiger partial charge in [0.15, 0.2) is 0 Å². The highest BCUT2D eigenvalue weighted by Crippen LogP contribution is 2.24. The van der Waals surface area contributed by atoms with Crippen LogP contribution in [0.4, 0.5) is 0 Å². The van der Waals surface area contributed by atoms with E-state index in [9.17, 15) is 0 Å². The minimum absolute atomic E-state index is 0.184. The lowest BCUT2D eigenvalue weighted by molar-refractivity contribution is 0.396. The molecule has 4 nitrogen and oxygen atoms in total. The molecule has 0 amide bonds. The van der Waals surface area contributed by atoms with E-state index in [1.54, 1.807) is 0 Å². The topological polar surface area (TPSA) is 41.9 Å². The Morgan fingerprint density at radius 3 is 2.65 bits per heavy atom. The second-order valence-electron chi connectivity index (χ2n) is 6.84. The van der Waals surface area contributed by atoms with Gasteiger partial charge in [0, 0.05) is 30.7 Å². The van der Waals surface area contributed by atoms with Crippen LogP contribution in [0.25, 0.3) is 0 Å². The first-order chi connectivity index (χ1) is 9.49. The molecule has 1 saturated heterocycles. The monoisotopic (exact) mass is 278 g/mol. The molecule has 1 fully saturated rings. The normalized spacial score (nSPS) is 17.6. The SMILES string of the molecule is CCc1cn(CCNC(C)(C)C)c(C2CCNCC2)n1. The van der Waals surface area contributed by atoms with Crippen LogP contribution in [0.2, 0.25) is 0 Å². The molecular weight excluding hydrogens is 248 g/mol. The molecule has 1 aliphatic rings. The molecule has 1 aromatic rings. The van der Waals surface area contributed by atoms with E-state index in [-0.39, 0.29) is 5.54 Å². The van der Waals surface area contributed by atoms with Gasteiger partial charge < -0.3 is 15.2 Å². The van der Waals surface area contributed by atoms with Gasteiger partial charge in [-0.15, -0.1) is 0 Å². The second-order valence-corrected chi connectivity index (χ2v) is 6.84. The Morgan fingerprint density at radius 1 is 1.35 bits per heavy atom. The highest BCUT2D eigenvalue weighted by molar-refractivity contribution is 5.09. The number of piperidine rings is 1. The van der Waals surface area contributed by atoms with E-state index in [2.05, 4.69) is 49.1 Å². The van der Waals surface area contributed by atoms with Gasteiger partial charge in [0.05, 0.1) is 5.69 Å². The number of rotatable bonds is 5. The van der Waals surface area contributed by atoms with Crippen molar-refractivity contribution >= 4 is 0 Å². The molecule has 114 valence electrons. The Hall–Kier alpha value is -0.870. The molecule has 1 aliphatic heterocycles.